The minimum Gasteiger partial charge on any atom is -0.390 e. The smallest absolute Gasteiger partial charge is 0.253 e. The van der Waals surface area contributed by atoms with Crippen molar-refractivity contribution in [3.63, 3.8) is 0 Å². The van der Waals surface area contributed by atoms with Gasteiger partial charge in [-0.1, -0.05) is 26.0 Å². The fourth-order valence-electron chi connectivity index (χ4n) is 4.75. The molecule has 0 bridgehead atoms. The third-order valence-electron chi connectivity index (χ3n) is 6.59. The lowest BCUT2D eigenvalue weighted by Gasteiger charge is -2.25. The average molecular weight is 678 g/mol. The van der Waals surface area contributed by atoms with E-state index in [2.05, 4.69) is 33.2 Å². The summed E-state index contributed by atoms with van der Waals surface area (Å²) in [5, 5.41) is 17.1. The summed E-state index contributed by atoms with van der Waals surface area (Å²) in [6.07, 6.45) is 0.583. The lowest BCUT2D eigenvalue weighted by molar-refractivity contribution is 0.0755. The van der Waals surface area contributed by atoms with Gasteiger partial charge in [-0.25, -0.2) is 8.78 Å². The number of hydrogen-bond donors (Lipinski definition) is 3. The summed E-state index contributed by atoms with van der Waals surface area (Å²) >= 11 is 2.23. The largest absolute Gasteiger partial charge is 0.390 e. The second-order valence-corrected chi connectivity index (χ2v) is 11.5. The van der Waals surface area contributed by atoms with Crippen LogP contribution in [0.5, 0.6) is 0 Å². The molecule has 6 nitrogen and oxygen atoms in total. The van der Waals surface area contributed by atoms with E-state index in [1.807, 2.05) is 45.0 Å². The highest BCUT2D eigenvalue weighted by Gasteiger charge is 2.24. The predicted molar refractivity (Wildman–Crippen MR) is 166 cm³/mol. The molecule has 0 aliphatic heterocycles. The summed E-state index contributed by atoms with van der Waals surface area (Å²) in [5.74, 6) is -2.10. The van der Waals surface area contributed by atoms with E-state index in [1.165, 1.54) is 12.1 Å². The lowest BCUT2D eigenvalue weighted by atomic mass is 9.99. The molecule has 0 aliphatic rings. The molecule has 0 aliphatic carbocycles. The Kier molecular flexibility index (Phi) is 12.7. The summed E-state index contributed by atoms with van der Waals surface area (Å²) in [4.78, 5) is 28.4. The zero-order chi connectivity index (χ0) is 29.9. The third-order valence-corrected chi connectivity index (χ3v) is 7.26. The normalized spacial score (nSPS) is 12.6. The number of halogens is 3. The van der Waals surface area contributed by atoms with Gasteiger partial charge in [0.25, 0.3) is 11.8 Å². The molecule has 9 heteroatoms. The van der Waals surface area contributed by atoms with Crippen molar-refractivity contribution in [3.8, 4) is 0 Å². The molecule has 220 valence electrons. The van der Waals surface area contributed by atoms with E-state index >= 15 is 0 Å². The van der Waals surface area contributed by atoms with Gasteiger partial charge in [0.1, 0.15) is 11.6 Å². The Labute approximate surface area is 254 Å². The first-order valence-corrected chi connectivity index (χ1v) is 15.0. The molecule has 0 fully saturated rings. The van der Waals surface area contributed by atoms with E-state index in [-0.39, 0.29) is 24.4 Å². The van der Waals surface area contributed by atoms with E-state index in [4.69, 9.17) is 0 Å². The molecule has 1 unspecified atom stereocenters. The van der Waals surface area contributed by atoms with Gasteiger partial charge in [-0.2, -0.15) is 0 Å². The average Bonchev–Trinajstić information content (AvgIpc) is 2.91. The van der Waals surface area contributed by atoms with Gasteiger partial charge in [-0.05, 0) is 108 Å². The number of aliphatic hydroxyl groups is 1. The molecule has 0 saturated carbocycles. The van der Waals surface area contributed by atoms with Gasteiger partial charge in [0.2, 0.25) is 0 Å². The molecule has 3 aromatic rings. The number of benzene rings is 3. The van der Waals surface area contributed by atoms with Crippen LogP contribution in [-0.2, 0) is 13.0 Å². The van der Waals surface area contributed by atoms with Crippen molar-refractivity contribution in [2.24, 2.45) is 0 Å². The predicted octanol–water partition coefficient (Wildman–Crippen LogP) is 5.63. The fraction of sp³-hybridized carbons (Fsp3) is 0.375. The van der Waals surface area contributed by atoms with E-state index in [0.717, 1.165) is 33.6 Å². The van der Waals surface area contributed by atoms with Crippen molar-refractivity contribution in [2.75, 3.05) is 19.6 Å². The van der Waals surface area contributed by atoms with Crippen LogP contribution < -0.4 is 10.6 Å². The Morgan fingerprint density at radius 3 is 2.22 bits per heavy atom. The molecule has 0 radical (unpaired) electrons. The van der Waals surface area contributed by atoms with E-state index < -0.39 is 29.7 Å². The SMILES string of the molecule is CCCN(CCC)C(=O)c1cc(C)cc(C(=O)NC(Cc2cc(F)cc(F)c2)[C@H](O)CNCc2cccc(I)c2)c1. The second kappa shape index (κ2) is 15.9. The van der Waals surface area contributed by atoms with Crippen molar-refractivity contribution in [2.45, 2.75) is 58.7 Å². The maximum atomic E-state index is 13.9. The zero-order valence-corrected chi connectivity index (χ0v) is 25.9. The maximum Gasteiger partial charge on any atom is 0.253 e. The Bertz CT molecular complexity index is 1310. The van der Waals surface area contributed by atoms with Crippen LogP contribution in [0.3, 0.4) is 0 Å². The molecule has 0 heterocycles. The second-order valence-electron chi connectivity index (χ2n) is 10.3. The van der Waals surface area contributed by atoms with Crippen molar-refractivity contribution in [1.29, 1.82) is 0 Å². The third kappa shape index (κ3) is 10.2. The number of hydrogen-bond acceptors (Lipinski definition) is 4. The molecule has 0 saturated heterocycles. The van der Waals surface area contributed by atoms with Gasteiger partial charge in [0.05, 0.1) is 12.1 Å². The maximum absolute atomic E-state index is 13.9. The van der Waals surface area contributed by atoms with E-state index in [0.29, 0.717) is 30.8 Å². The molecule has 0 aromatic heterocycles. The zero-order valence-electron chi connectivity index (χ0n) is 23.7. The first kappa shape index (κ1) is 32.6. The number of carbonyl (C=O) groups excluding carboxylic acids is 2. The Hall–Kier alpha value is -2.89. The number of nitrogens with zero attached hydrogens (tertiary/aromatic N) is 1. The Balaban J connectivity index is 1.81. The van der Waals surface area contributed by atoms with Gasteiger partial charge in [0, 0.05) is 46.9 Å². The van der Waals surface area contributed by atoms with Crippen molar-refractivity contribution in [1.82, 2.24) is 15.5 Å². The summed E-state index contributed by atoms with van der Waals surface area (Å²) in [6, 6.07) is 15.2. The number of carbonyl (C=O) groups is 2. The molecule has 3 rings (SSSR count). The minimum atomic E-state index is -1.07. The van der Waals surface area contributed by atoms with Gasteiger partial charge in [-0.3, -0.25) is 9.59 Å². The molecule has 3 aromatic carbocycles. The number of nitrogens with one attached hydrogen (secondary N) is 2. The first-order valence-electron chi connectivity index (χ1n) is 13.9. The lowest BCUT2D eigenvalue weighted by Crippen LogP contribution is -2.48. The number of rotatable bonds is 14. The summed E-state index contributed by atoms with van der Waals surface area (Å²) in [6.45, 7) is 7.71. The van der Waals surface area contributed by atoms with Crippen LogP contribution in [-0.4, -0.2) is 53.6 Å². The molecule has 2 amide bonds. The van der Waals surface area contributed by atoms with Gasteiger partial charge < -0.3 is 20.6 Å². The van der Waals surface area contributed by atoms with Gasteiger partial charge in [0.15, 0.2) is 0 Å². The van der Waals surface area contributed by atoms with Gasteiger partial charge >= 0.3 is 0 Å². The van der Waals surface area contributed by atoms with Gasteiger partial charge in [-0.15, -0.1) is 0 Å². The number of aliphatic hydroxyl groups excluding tert-OH is 1. The van der Waals surface area contributed by atoms with E-state index in [9.17, 15) is 23.5 Å². The summed E-state index contributed by atoms with van der Waals surface area (Å²) in [5.41, 5.74) is 2.78. The van der Waals surface area contributed by atoms with Crippen molar-refractivity contribution in [3.05, 3.63) is 104 Å². The van der Waals surface area contributed by atoms with E-state index in [1.54, 1.807) is 23.1 Å². The van der Waals surface area contributed by atoms with Crippen LogP contribution >= 0.6 is 22.6 Å². The quantitative estimate of drug-likeness (QED) is 0.193. The highest BCUT2D eigenvalue weighted by atomic mass is 127. The Morgan fingerprint density at radius 1 is 0.927 bits per heavy atom. The topological polar surface area (TPSA) is 81.7 Å². The molecule has 2 atom stereocenters. The van der Waals surface area contributed by atoms with Crippen LogP contribution in [0.2, 0.25) is 0 Å². The van der Waals surface area contributed by atoms with Crippen LogP contribution in [0, 0.1) is 22.1 Å². The van der Waals surface area contributed by atoms with Crippen molar-refractivity contribution >= 4 is 34.4 Å². The molecular formula is C32H38F2IN3O3. The standard InChI is InChI=1S/C32H38F2IN3O3/c1-4-9-38(10-5-2)32(41)25-12-21(3)11-24(17-25)31(40)37-29(16-23-13-26(33)18-27(34)14-23)30(39)20-36-19-22-7-6-8-28(35)15-22/h6-8,11-15,17-18,29-30,36,39H,4-5,9-10,16,19-20H2,1-3H3,(H,37,40)/t29?,30-/m1/s1. The van der Waals surface area contributed by atoms with Crippen LogP contribution in [0.15, 0.2) is 60.7 Å². The molecule has 0 spiro atoms. The first-order chi connectivity index (χ1) is 19.6. The van der Waals surface area contributed by atoms with Crippen LogP contribution in [0.25, 0.3) is 0 Å². The highest BCUT2D eigenvalue weighted by Crippen LogP contribution is 2.16. The molecule has 41 heavy (non-hydrogen) atoms. The number of aryl methyl sites for hydroxylation is 1. The monoisotopic (exact) mass is 677 g/mol. The van der Waals surface area contributed by atoms with Crippen LogP contribution in [0.4, 0.5) is 8.78 Å². The molecule has 3 N–H and O–H groups in total. The fourth-order valence-corrected chi connectivity index (χ4v) is 5.35. The van der Waals surface area contributed by atoms with Crippen LogP contribution in [0.1, 0.15) is 64.1 Å². The number of amides is 2. The Morgan fingerprint density at radius 2 is 1.59 bits per heavy atom. The van der Waals surface area contributed by atoms with Crippen molar-refractivity contribution < 1.29 is 23.5 Å². The summed E-state index contributed by atoms with van der Waals surface area (Å²) < 4.78 is 28.9. The summed E-state index contributed by atoms with van der Waals surface area (Å²) in [7, 11) is 0. The minimum absolute atomic E-state index is 0.00484. The highest BCUT2D eigenvalue weighted by molar-refractivity contribution is 14.1. The molecular weight excluding hydrogens is 639 g/mol.